The molecule has 0 saturated carbocycles. The summed E-state index contributed by atoms with van der Waals surface area (Å²) in [6.45, 7) is 0.603. The lowest BCUT2D eigenvalue weighted by molar-refractivity contribution is 0.181. The number of fused-ring (bicyclic) bond motifs is 1. The summed E-state index contributed by atoms with van der Waals surface area (Å²) in [6, 6.07) is 6.16. The van der Waals surface area contributed by atoms with Crippen molar-refractivity contribution in [3.8, 4) is 5.75 Å². The van der Waals surface area contributed by atoms with Crippen LogP contribution in [0.3, 0.4) is 0 Å². The SMILES string of the molecule is NCC1CCc2ccc(Br)cc2O1. The van der Waals surface area contributed by atoms with E-state index in [9.17, 15) is 0 Å². The van der Waals surface area contributed by atoms with E-state index < -0.39 is 0 Å². The summed E-state index contributed by atoms with van der Waals surface area (Å²) < 4.78 is 6.77. The summed E-state index contributed by atoms with van der Waals surface area (Å²) in [5.41, 5.74) is 6.85. The summed E-state index contributed by atoms with van der Waals surface area (Å²) in [5, 5.41) is 0. The van der Waals surface area contributed by atoms with Crippen molar-refractivity contribution in [2.45, 2.75) is 18.9 Å². The molecule has 2 rings (SSSR count). The van der Waals surface area contributed by atoms with Gasteiger partial charge in [-0.1, -0.05) is 22.0 Å². The van der Waals surface area contributed by atoms with E-state index >= 15 is 0 Å². The fourth-order valence-corrected chi connectivity index (χ4v) is 1.91. The van der Waals surface area contributed by atoms with E-state index in [4.69, 9.17) is 10.5 Å². The number of rotatable bonds is 1. The second-order valence-corrected chi connectivity index (χ2v) is 4.18. The number of nitrogens with two attached hydrogens (primary N) is 1. The van der Waals surface area contributed by atoms with Crippen LogP contribution in [0.4, 0.5) is 0 Å². The summed E-state index contributed by atoms with van der Waals surface area (Å²) in [4.78, 5) is 0. The van der Waals surface area contributed by atoms with E-state index in [2.05, 4.69) is 22.0 Å². The Morgan fingerprint density at radius 1 is 1.54 bits per heavy atom. The fraction of sp³-hybridized carbons (Fsp3) is 0.400. The van der Waals surface area contributed by atoms with Gasteiger partial charge >= 0.3 is 0 Å². The number of benzene rings is 1. The van der Waals surface area contributed by atoms with Gasteiger partial charge in [0.05, 0.1) is 0 Å². The minimum Gasteiger partial charge on any atom is -0.489 e. The van der Waals surface area contributed by atoms with Crippen LogP contribution in [-0.2, 0) is 6.42 Å². The van der Waals surface area contributed by atoms with Crippen molar-refractivity contribution >= 4 is 15.9 Å². The number of halogens is 1. The van der Waals surface area contributed by atoms with Crippen LogP contribution in [0, 0.1) is 0 Å². The first-order chi connectivity index (χ1) is 6.29. The average Bonchev–Trinajstić information content (AvgIpc) is 2.16. The zero-order chi connectivity index (χ0) is 9.26. The van der Waals surface area contributed by atoms with Crippen molar-refractivity contribution in [1.82, 2.24) is 0 Å². The molecule has 0 aromatic heterocycles. The Kier molecular flexibility index (Phi) is 2.56. The molecule has 1 aromatic rings. The Hall–Kier alpha value is -0.540. The highest BCUT2D eigenvalue weighted by molar-refractivity contribution is 9.10. The Bertz CT molecular complexity index is 314. The summed E-state index contributed by atoms with van der Waals surface area (Å²) in [5.74, 6) is 0.982. The first kappa shape index (κ1) is 9.03. The molecule has 2 N–H and O–H groups in total. The highest BCUT2D eigenvalue weighted by Crippen LogP contribution is 2.29. The molecule has 1 aliphatic rings. The highest BCUT2D eigenvalue weighted by Gasteiger charge is 2.17. The van der Waals surface area contributed by atoms with E-state index in [1.54, 1.807) is 0 Å². The summed E-state index contributed by atoms with van der Waals surface area (Å²) in [6.07, 6.45) is 2.30. The molecule has 0 spiro atoms. The van der Waals surface area contributed by atoms with Gasteiger partial charge in [-0.3, -0.25) is 0 Å². The second-order valence-electron chi connectivity index (χ2n) is 3.27. The van der Waals surface area contributed by atoms with Gasteiger partial charge in [0.25, 0.3) is 0 Å². The fourth-order valence-electron chi connectivity index (χ4n) is 1.57. The molecule has 2 nitrogen and oxygen atoms in total. The lowest BCUT2D eigenvalue weighted by atomic mass is 10.0. The minimum atomic E-state index is 0.196. The number of ether oxygens (including phenoxy) is 1. The Labute approximate surface area is 86.2 Å². The molecule has 13 heavy (non-hydrogen) atoms. The molecule has 70 valence electrons. The van der Waals surface area contributed by atoms with Crippen molar-refractivity contribution in [1.29, 1.82) is 0 Å². The molecule has 0 aliphatic carbocycles. The van der Waals surface area contributed by atoms with Crippen LogP contribution < -0.4 is 10.5 Å². The van der Waals surface area contributed by atoms with Crippen LogP contribution in [-0.4, -0.2) is 12.6 Å². The van der Waals surface area contributed by atoms with Gasteiger partial charge in [-0.25, -0.2) is 0 Å². The van der Waals surface area contributed by atoms with E-state index in [0.29, 0.717) is 6.54 Å². The van der Waals surface area contributed by atoms with Gasteiger partial charge in [-0.05, 0) is 30.5 Å². The van der Waals surface area contributed by atoms with Crippen LogP contribution in [0.2, 0.25) is 0 Å². The monoisotopic (exact) mass is 241 g/mol. The van der Waals surface area contributed by atoms with Gasteiger partial charge < -0.3 is 10.5 Å². The predicted molar refractivity (Wildman–Crippen MR) is 55.9 cm³/mol. The minimum absolute atomic E-state index is 0.196. The van der Waals surface area contributed by atoms with Crippen molar-refractivity contribution in [3.63, 3.8) is 0 Å². The van der Waals surface area contributed by atoms with E-state index in [-0.39, 0.29) is 6.10 Å². The Morgan fingerprint density at radius 3 is 3.15 bits per heavy atom. The Morgan fingerprint density at radius 2 is 2.38 bits per heavy atom. The Balaban J connectivity index is 2.27. The molecule has 1 unspecified atom stereocenters. The lowest BCUT2D eigenvalue weighted by Crippen LogP contribution is -2.30. The predicted octanol–water partition coefficient (Wildman–Crippen LogP) is 2.10. The van der Waals surface area contributed by atoms with Gasteiger partial charge in [-0.15, -0.1) is 0 Å². The lowest BCUT2D eigenvalue weighted by Gasteiger charge is -2.25. The molecule has 0 amide bonds. The first-order valence-electron chi connectivity index (χ1n) is 4.45. The van der Waals surface area contributed by atoms with Crippen molar-refractivity contribution in [3.05, 3.63) is 28.2 Å². The second kappa shape index (κ2) is 3.68. The molecule has 1 atom stereocenters. The van der Waals surface area contributed by atoms with Crippen molar-refractivity contribution < 1.29 is 4.74 Å². The topological polar surface area (TPSA) is 35.2 Å². The van der Waals surface area contributed by atoms with Gasteiger partial charge in [0, 0.05) is 11.0 Å². The van der Waals surface area contributed by atoms with Crippen LogP contribution in [0.5, 0.6) is 5.75 Å². The van der Waals surface area contributed by atoms with E-state index in [1.807, 2.05) is 12.1 Å². The molecule has 1 heterocycles. The van der Waals surface area contributed by atoms with Crippen molar-refractivity contribution in [2.24, 2.45) is 5.73 Å². The van der Waals surface area contributed by atoms with Gasteiger partial charge in [0.1, 0.15) is 11.9 Å². The standard InChI is InChI=1S/C10H12BrNO/c11-8-3-1-7-2-4-9(6-12)13-10(7)5-8/h1,3,5,9H,2,4,6,12H2. The number of hydrogen-bond donors (Lipinski definition) is 1. The zero-order valence-electron chi connectivity index (χ0n) is 7.29. The van der Waals surface area contributed by atoms with E-state index in [1.165, 1.54) is 5.56 Å². The largest absolute Gasteiger partial charge is 0.489 e. The molecule has 3 heteroatoms. The van der Waals surface area contributed by atoms with Gasteiger partial charge in [0.2, 0.25) is 0 Å². The zero-order valence-corrected chi connectivity index (χ0v) is 8.88. The van der Waals surface area contributed by atoms with Gasteiger partial charge in [-0.2, -0.15) is 0 Å². The third kappa shape index (κ3) is 1.86. The number of aryl methyl sites for hydroxylation is 1. The third-order valence-electron chi connectivity index (χ3n) is 2.32. The van der Waals surface area contributed by atoms with Crippen LogP contribution in [0.25, 0.3) is 0 Å². The molecule has 1 aromatic carbocycles. The molecular formula is C10H12BrNO. The molecular weight excluding hydrogens is 230 g/mol. The van der Waals surface area contributed by atoms with Crippen LogP contribution in [0.15, 0.2) is 22.7 Å². The van der Waals surface area contributed by atoms with Crippen LogP contribution in [0.1, 0.15) is 12.0 Å². The maximum absolute atomic E-state index is 5.71. The third-order valence-corrected chi connectivity index (χ3v) is 2.81. The average molecular weight is 242 g/mol. The van der Waals surface area contributed by atoms with Crippen molar-refractivity contribution in [2.75, 3.05) is 6.54 Å². The molecule has 0 radical (unpaired) electrons. The summed E-state index contributed by atoms with van der Waals surface area (Å²) >= 11 is 3.42. The maximum atomic E-state index is 5.71. The van der Waals surface area contributed by atoms with Gasteiger partial charge in [0.15, 0.2) is 0 Å². The normalized spacial score (nSPS) is 20.6. The maximum Gasteiger partial charge on any atom is 0.124 e. The smallest absolute Gasteiger partial charge is 0.124 e. The molecule has 0 bridgehead atoms. The quantitative estimate of drug-likeness (QED) is 0.818. The van der Waals surface area contributed by atoms with Crippen LogP contribution >= 0.6 is 15.9 Å². The molecule has 0 saturated heterocycles. The first-order valence-corrected chi connectivity index (χ1v) is 5.24. The highest BCUT2D eigenvalue weighted by atomic mass is 79.9. The summed E-state index contributed by atoms with van der Waals surface area (Å²) in [7, 11) is 0. The molecule has 0 fully saturated rings. The van der Waals surface area contributed by atoms with E-state index in [0.717, 1.165) is 23.1 Å². The number of hydrogen-bond acceptors (Lipinski definition) is 2. The molecule has 1 aliphatic heterocycles.